The van der Waals surface area contributed by atoms with Crippen LogP contribution >= 0.6 is 0 Å². The lowest BCUT2D eigenvalue weighted by Crippen LogP contribution is -2.36. The fraction of sp³-hybridized carbons (Fsp3) is 0.0833. The van der Waals surface area contributed by atoms with Gasteiger partial charge in [0.25, 0.3) is 5.56 Å². The Balaban J connectivity index is 1.58. The molecule has 148 valence electrons. The van der Waals surface area contributed by atoms with Crippen LogP contribution in [0.4, 0.5) is 0 Å². The summed E-state index contributed by atoms with van der Waals surface area (Å²) in [4.78, 5) is 29.2. The van der Waals surface area contributed by atoms with Gasteiger partial charge in [0.1, 0.15) is 6.54 Å². The number of hydrogen-bond donors (Lipinski definition) is 1. The molecule has 0 fully saturated rings. The number of nitrogens with zero attached hydrogens (tertiary/aromatic N) is 3. The Bertz CT molecular complexity index is 1140. The van der Waals surface area contributed by atoms with Crippen LogP contribution in [0.2, 0.25) is 0 Å². The molecule has 0 atom stereocenters. The number of nitrogens with one attached hydrogen (secondary N) is 1. The summed E-state index contributed by atoms with van der Waals surface area (Å²) in [6.45, 7) is -0.177. The van der Waals surface area contributed by atoms with Crippen molar-refractivity contribution in [3.05, 3.63) is 119 Å². The lowest BCUT2D eigenvalue weighted by Gasteiger charge is -2.20. The third-order valence-corrected chi connectivity index (χ3v) is 4.69. The Morgan fingerprint density at radius 1 is 0.867 bits per heavy atom. The number of benzene rings is 2. The van der Waals surface area contributed by atoms with Crippen LogP contribution in [0.1, 0.15) is 17.2 Å². The zero-order valence-electron chi connectivity index (χ0n) is 16.2. The fourth-order valence-corrected chi connectivity index (χ4v) is 3.22. The van der Waals surface area contributed by atoms with Crippen molar-refractivity contribution in [2.24, 2.45) is 0 Å². The molecular weight excluding hydrogens is 376 g/mol. The number of carbonyl (C=O) groups excluding carboxylic acids is 1. The standard InChI is InChI=1S/C24H20N4O2/c29-22(17-28-23(30)14-13-21(27-28)20-12-7-15-25-16-20)26-24(18-8-3-1-4-9-18)19-10-5-2-6-11-19/h1-16,24H,17H2,(H,26,29). The lowest BCUT2D eigenvalue weighted by atomic mass is 9.99. The highest BCUT2D eigenvalue weighted by Gasteiger charge is 2.17. The number of pyridine rings is 1. The van der Waals surface area contributed by atoms with E-state index in [1.807, 2.05) is 66.7 Å². The predicted molar refractivity (Wildman–Crippen MR) is 115 cm³/mol. The van der Waals surface area contributed by atoms with E-state index in [1.54, 1.807) is 24.5 Å². The number of hydrogen-bond acceptors (Lipinski definition) is 4. The predicted octanol–water partition coefficient (Wildman–Crippen LogP) is 3.21. The first-order valence-corrected chi connectivity index (χ1v) is 9.58. The second-order valence-corrected chi connectivity index (χ2v) is 6.78. The van der Waals surface area contributed by atoms with Crippen LogP contribution in [0.15, 0.2) is 102 Å². The topological polar surface area (TPSA) is 76.9 Å². The lowest BCUT2D eigenvalue weighted by molar-refractivity contribution is -0.122. The Kier molecular flexibility index (Phi) is 5.75. The van der Waals surface area contributed by atoms with Gasteiger partial charge in [-0.2, -0.15) is 5.10 Å². The molecule has 6 nitrogen and oxygen atoms in total. The second kappa shape index (κ2) is 8.96. The van der Waals surface area contributed by atoms with Crippen molar-refractivity contribution in [3.63, 3.8) is 0 Å². The number of aromatic nitrogens is 3. The largest absolute Gasteiger partial charge is 0.344 e. The first-order valence-electron chi connectivity index (χ1n) is 9.58. The molecule has 0 aliphatic carbocycles. The van der Waals surface area contributed by atoms with Crippen LogP contribution in [0.5, 0.6) is 0 Å². The fourth-order valence-electron chi connectivity index (χ4n) is 3.22. The number of amides is 1. The van der Waals surface area contributed by atoms with E-state index in [1.165, 1.54) is 10.7 Å². The summed E-state index contributed by atoms with van der Waals surface area (Å²) in [5.74, 6) is -0.300. The summed E-state index contributed by atoms with van der Waals surface area (Å²) in [5, 5.41) is 7.37. The van der Waals surface area contributed by atoms with Crippen molar-refractivity contribution in [3.8, 4) is 11.3 Å². The van der Waals surface area contributed by atoms with Crippen LogP contribution < -0.4 is 10.9 Å². The molecule has 4 aromatic rings. The normalized spacial score (nSPS) is 10.7. The highest BCUT2D eigenvalue weighted by Crippen LogP contribution is 2.21. The molecule has 0 unspecified atom stereocenters. The van der Waals surface area contributed by atoms with Crippen molar-refractivity contribution >= 4 is 5.91 Å². The van der Waals surface area contributed by atoms with E-state index in [-0.39, 0.29) is 24.1 Å². The quantitative estimate of drug-likeness (QED) is 0.543. The Hall–Kier alpha value is -4.06. The van der Waals surface area contributed by atoms with Gasteiger partial charge in [-0.05, 0) is 29.3 Å². The molecule has 4 rings (SSSR count). The minimum atomic E-state index is -0.339. The van der Waals surface area contributed by atoms with Gasteiger partial charge < -0.3 is 5.32 Å². The van der Waals surface area contributed by atoms with Crippen molar-refractivity contribution in [2.45, 2.75) is 12.6 Å². The minimum Gasteiger partial charge on any atom is -0.344 e. The monoisotopic (exact) mass is 396 g/mol. The maximum Gasteiger partial charge on any atom is 0.267 e. The molecule has 2 heterocycles. The average Bonchev–Trinajstić information content (AvgIpc) is 2.81. The van der Waals surface area contributed by atoms with E-state index < -0.39 is 0 Å². The smallest absolute Gasteiger partial charge is 0.267 e. The molecule has 0 radical (unpaired) electrons. The van der Waals surface area contributed by atoms with E-state index >= 15 is 0 Å². The zero-order chi connectivity index (χ0) is 20.8. The van der Waals surface area contributed by atoms with Crippen LogP contribution in [0.3, 0.4) is 0 Å². The molecule has 2 aromatic heterocycles. The summed E-state index contributed by atoms with van der Waals surface area (Å²) in [6.07, 6.45) is 3.33. The minimum absolute atomic E-state index is 0.177. The van der Waals surface area contributed by atoms with E-state index in [9.17, 15) is 9.59 Å². The maximum atomic E-state index is 12.8. The van der Waals surface area contributed by atoms with E-state index in [2.05, 4.69) is 15.4 Å². The van der Waals surface area contributed by atoms with Crippen molar-refractivity contribution in [1.82, 2.24) is 20.1 Å². The molecule has 1 N–H and O–H groups in total. The molecule has 1 amide bonds. The van der Waals surface area contributed by atoms with Gasteiger partial charge in [0, 0.05) is 24.0 Å². The molecule has 0 aliphatic rings. The maximum absolute atomic E-state index is 12.8. The van der Waals surface area contributed by atoms with Crippen LogP contribution in [0.25, 0.3) is 11.3 Å². The van der Waals surface area contributed by atoms with Crippen molar-refractivity contribution in [2.75, 3.05) is 0 Å². The number of carbonyl (C=O) groups is 1. The van der Waals surface area contributed by atoms with Crippen LogP contribution in [0, 0.1) is 0 Å². The average molecular weight is 396 g/mol. The molecule has 6 heteroatoms. The van der Waals surface area contributed by atoms with E-state index in [0.717, 1.165) is 16.7 Å². The molecule has 0 aliphatic heterocycles. The van der Waals surface area contributed by atoms with Gasteiger partial charge in [-0.3, -0.25) is 14.6 Å². The molecular formula is C24H20N4O2. The van der Waals surface area contributed by atoms with Crippen molar-refractivity contribution in [1.29, 1.82) is 0 Å². The Morgan fingerprint density at radius 2 is 1.53 bits per heavy atom. The molecule has 0 saturated carbocycles. The van der Waals surface area contributed by atoms with Crippen molar-refractivity contribution < 1.29 is 4.79 Å². The number of rotatable bonds is 6. The van der Waals surface area contributed by atoms with E-state index in [0.29, 0.717) is 5.69 Å². The van der Waals surface area contributed by atoms with Crippen LogP contribution in [-0.4, -0.2) is 20.7 Å². The van der Waals surface area contributed by atoms with Gasteiger partial charge in [-0.15, -0.1) is 0 Å². The van der Waals surface area contributed by atoms with Crippen LogP contribution in [-0.2, 0) is 11.3 Å². The second-order valence-electron chi connectivity index (χ2n) is 6.78. The SMILES string of the molecule is O=C(Cn1nc(-c2cccnc2)ccc1=O)NC(c1ccccc1)c1ccccc1. The first kappa shape index (κ1) is 19.3. The van der Waals surface area contributed by atoms with E-state index in [4.69, 9.17) is 0 Å². The van der Waals surface area contributed by atoms with Gasteiger partial charge in [0.05, 0.1) is 11.7 Å². The summed E-state index contributed by atoms with van der Waals surface area (Å²) < 4.78 is 1.17. The van der Waals surface area contributed by atoms with Gasteiger partial charge in [-0.25, -0.2) is 4.68 Å². The van der Waals surface area contributed by atoms with Gasteiger partial charge >= 0.3 is 0 Å². The highest BCUT2D eigenvalue weighted by molar-refractivity contribution is 5.76. The Morgan fingerprint density at radius 3 is 2.13 bits per heavy atom. The zero-order valence-corrected chi connectivity index (χ0v) is 16.2. The Labute approximate surface area is 173 Å². The van der Waals surface area contributed by atoms with Gasteiger partial charge in [0.2, 0.25) is 5.91 Å². The highest BCUT2D eigenvalue weighted by atomic mass is 16.2. The summed E-state index contributed by atoms with van der Waals surface area (Å²) in [6, 6.07) is 25.8. The summed E-state index contributed by atoms with van der Waals surface area (Å²) >= 11 is 0. The molecule has 30 heavy (non-hydrogen) atoms. The molecule has 0 bridgehead atoms. The molecule has 0 saturated heterocycles. The molecule has 0 spiro atoms. The summed E-state index contributed by atoms with van der Waals surface area (Å²) in [7, 11) is 0. The molecule has 2 aromatic carbocycles. The third-order valence-electron chi connectivity index (χ3n) is 4.69. The van der Waals surface area contributed by atoms with Gasteiger partial charge in [-0.1, -0.05) is 60.7 Å². The summed E-state index contributed by atoms with van der Waals surface area (Å²) in [5.41, 5.74) is 2.94. The third kappa shape index (κ3) is 4.50. The first-order chi connectivity index (χ1) is 14.7. The van der Waals surface area contributed by atoms with Gasteiger partial charge in [0.15, 0.2) is 0 Å².